The number of nitrogens with one attached hydrogen (secondary N) is 1. The number of hydrogen-bond acceptors (Lipinski definition) is 2. The second-order valence-corrected chi connectivity index (χ2v) is 4.17. The molecule has 0 bridgehead atoms. The maximum absolute atomic E-state index is 12.9. The van der Waals surface area contributed by atoms with Gasteiger partial charge >= 0.3 is 0 Å². The van der Waals surface area contributed by atoms with Gasteiger partial charge in [0.15, 0.2) is 0 Å². The number of benzene rings is 1. The molecule has 1 aromatic carbocycles. The molecule has 0 aromatic heterocycles. The van der Waals surface area contributed by atoms with Crippen molar-refractivity contribution in [3.05, 3.63) is 41.7 Å². The Balaban J connectivity index is 2.31. The van der Waals surface area contributed by atoms with Gasteiger partial charge in [0.2, 0.25) is 5.91 Å². The number of hydrogen-bond donors (Lipinski definition) is 2. The highest BCUT2D eigenvalue weighted by atomic mass is 19.1. The first-order valence-electron chi connectivity index (χ1n) is 5.97. The molecule has 98 valence electrons. The molecule has 3 nitrogen and oxygen atoms in total. The Morgan fingerprint density at radius 2 is 2.33 bits per heavy atom. The van der Waals surface area contributed by atoms with Crippen LogP contribution in [0.25, 0.3) is 6.08 Å². The van der Waals surface area contributed by atoms with E-state index in [1.165, 1.54) is 18.2 Å². The lowest BCUT2D eigenvalue weighted by Gasteiger charge is -2.04. The van der Waals surface area contributed by atoms with Crippen molar-refractivity contribution in [1.29, 1.82) is 0 Å². The molecule has 0 aliphatic heterocycles. The zero-order valence-electron chi connectivity index (χ0n) is 10.4. The highest BCUT2D eigenvalue weighted by molar-refractivity contribution is 5.91. The second-order valence-electron chi connectivity index (χ2n) is 4.17. The molecule has 1 amide bonds. The molecule has 1 rings (SSSR count). The van der Waals surface area contributed by atoms with Crippen molar-refractivity contribution in [3.63, 3.8) is 0 Å². The summed E-state index contributed by atoms with van der Waals surface area (Å²) in [7, 11) is 0. The van der Waals surface area contributed by atoms with Gasteiger partial charge in [-0.2, -0.15) is 0 Å². The van der Waals surface area contributed by atoms with Crippen molar-refractivity contribution in [2.75, 3.05) is 6.54 Å². The fraction of sp³-hybridized carbons (Fsp3) is 0.357. The molecule has 0 saturated heterocycles. The van der Waals surface area contributed by atoms with Crippen LogP contribution in [0, 0.1) is 5.82 Å². The summed E-state index contributed by atoms with van der Waals surface area (Å²) in [6, 6.07) is 6.03. The van der Waals surface area contributed by atoms with Crippen molar-refractivity contribution in [3.8, 4) is 0 Å². The van der Waals surface area contributed by atoms with Gasteiger partial charge in [-0.3, -0.25) is 4.79 Å². The number of halogens is 1. The number of aliphatic hydroxyl groups is 1. The van der Waals surface area contributed by atoms with Crippen LogP contribution in [0.2, 0.25) is 0 Å². The van der Waals surface area contributed by atoms with E-state index in [9.17, 15) is 9.18 Å². The highest BCUT2D eigenvalue weighted by Crippen LogP contribution is 2.05. The summed E-state index contributed by atoms with van der Waals surface area (Å²) >= 11 is 0. The predicted octanol–water partition coefficient (Wildman–Crippen LogP) is 2.12. The third-order valence-corrected chi connectivity index (χ3v) is 2.37. The summed E-state index contributed by atoms with van der Waals surface area (Å²) in [5.74, 6) is -0.542. The fourth-order valence-electron chi connectivity index (χ4n) is 1.45. The minimum atomic E-state index is -0.343. The maximum Gasteiger partial charge on any atom is 0.243 e. The Bertz CT molecular complexity index is 416. The van der Waals surface area contributed by atoms with Gasteiger partial charge in [-0.1, -0.05) is 12.1 Å². The van der Waals surface area contributed by atoms with E-state index in [1.54, 1.807) is 25.1 Å². The van der Waals surface area contributed by atoms with Crippen LogP contribution in [0.5, 0.6) is 0 Å². The van der Waals surface area contributed by atoms with E-state index in [1.807, 2.05) is 0 Å². The van der Waals surface area contributed by atoms with Gasteiger partial charge in [-0.25, -0.2) is 4.39 Å². The summed E-state index contributed by atoms with van der Waals surface area (Å²) in [6.45, 7) is 2.24. The molecule has 0 aliphatic carbocycles. The number of rotatable bonds is 6. The van der Waals surface area contributed by atoms with Crippen LogP contribution in [0.15, 0.2) is 30.3 Å². The summed E-state index contributed by atoms with van der Waals surface area (Å²) in [5, 5.41) is 11.7. The van der Waals surface area contributed by atoms with Gasteiger partial charge in [0.05, 0.1) is 6.10 Å². The third kappa shape index (κ3) is 6.15. The van der Waals surface area contributed by atoms with Crippen LogP contribution >= 0.6 is 0 Å². The van der Waals surface area contributed by atoms with Crippen molar-refractivity contribution < 1.29 is 14.3 Å². The molecule has 0 heterocycles. The summed E-state index contributed by atoms with van der Waals surface area (Å²) in [6.07, 6.45) is 3.99. The normalized spacial score (nSPS) is 12.6. The lowest BCUT2D eigenvalue weighted by atomic mass is 10.2. The highest BCUT2D eigenvalue weighted by Gasteiger charge is 1.98. The smallest absolute Gasteiger partial charge is 0.243 e. The van der Waals surface area contributed by atoms with E-state index in [0.717, 1.165) is 6.42 Å². The fourth-order valence-corrected chi connectivity index (χ4v) is 1.45. The number of carbonyl (C=O) groups is 1. The zero-order chi connectivity index (χ0) is 13.4. The SMILES string of the molecule is CC(O)CCCNC(=O)/C=C/c1cccc(F)c1. The monoisotopic (exact) mass is 251 g/mol. The third-order valence-electron chi connectivity index (χ3n) is 2.37. The van der Waals surface area contributed by atoms with Gasteiger partial charge in [-0.05, 0) is 43.5 Å². The van der Waals surface area contributed by atoms with Crippen LogP contribution in [-0.2, 0) is 4.79 Å². The van der Waals surface area contributed by atoms with Crippen LogP contribution in [0.3, 0.4) is 0 Å². The van der Waals surface area contributed by atoms with Gasteiger partial charge in [-0.15, -0.1) is 0 Å². The van der Waals surface area contributed by atoms with Crippen molar-refractivity contribution >= 4 is 12.0 Å². The molecule has 0 fully saturated rings. The van der Waals surface area contributed by atoms with E-state index >= 15 is 0 Å². The van der Waals surface area contributed by atoms with Gasteiger partial charge in [0, 0.05) is 12.6 Å². The first-order chi connectivity index (χ1) is 8.58. The second kappa shape index (κ2) is 7.61. The topological polar surface area (TPSA) is 49.3 Å². The minimum absolute atomic E-state index is 0.218. The van der Waals surface area contributed by atoms with E-state index in [2.05, 4.69) is 5.32 Å². The van der Waals surface area contributed by atoms with Crippen molar-refractivity contribution in [2.45, 2.75) is 25.9 Å². The van der Waals surface area contributed by atoms with Gasteiger partial charge < -0.3 is 10.4 Å². The van der Waals surface area contributed by atoms with Crippen LogP contribution in [-0.4, -0.2) is 23.7 Å². The lowest BCUT2D eigenvalue weighted by Crippen LogP contribution is -2.22. The van der Waals surface area contributed by atoms with E-state index < -0.39 is 0 Å². The lowest BCUT2D eigenvalue weighted by molar-refractivity contribution is -0.116. The van der Waals surface area contributed by atoms with Crippen molar-refractivity contribution in [1.82, 2.24) is 5.32 Å². The average molecular weight is 251 g/mol. The molecule has 18 heavy (non-hydrogen) atoms. The molecule has 1 atom stereocenters. The van der Waals surface area contributed by atoms with Gasteiger partial charge in [0.1, 0.15) is 5.82 Å². The van der Waals surface area contributed by atoms with E-state index in [4.69, 9.17) is 5.11 Å². The Labute approximate surface area is 106 Å². The molecule has 4 heteroatoms. The molecule has 0 saturated carbocycles. The molecule has 0 radical (unpaired) electrons. The first kappa shape index (κ1) is 14.4. The van der Waals surface area contributed by atoms with Crippen LogP contribution in [0.1, 0.15) is 25.3 Å². The summed E-state index contributed by atoms with van der Waals surface area (Å²) < 4.78 is 12.9. The number of amides is 1. The van der Waals surface area contributed by atoms with Gasteiger partial charge in [0.25, 0.3) is 0 Å². The van der Waals surface area contributed by atoms with Crippen LogP contribution in [0.4, 0.5) is 4.39 Å². The standard InChI is InChI=1S/C14H18FNO2/c1-11(17)4-3-9-16-14(18)8-7-12-5-2-6-13(15)10-12/h2,5-8,10-11,17H,3-4,9H2,1H3,(H,16,18)/b8-7+. The summed E-state index contributed by atoms with van der Waals surface area (Å²) in [5.41, 5.74) is 0.647. The zero-order valence-corrected chi connectivity index (χ0v) is 10.4. The predicted molar refractivity (Wildman–Crippen MR) is 69.4 cm³/mol. The minimum Gasteiger partial charge on any atom is -0.393 e. The van der Waals surface area contributed by atoms with E-state index in [0.29, 0.717) is 18.5 Å². The molecule has 1 unspecified atom stereocenters. The largest absolute Gasteiger partial charge is 0.393 e. The molecular formula is C14H18FNO2. The first-order valence-corrected chi connectivity index (χ1v) is 5.97. The Morgan fingerprint density at radius 3 is 3.00 bits per heavy atom. The molecular weight excluding hydrogens is 233 g/mol. The molecule has 0 spiro atoms. The Kier molecular flexibility index (Phi) is 6.08. The number of aliphatic hydroxyl groups excluding tert-OH is 1. The Hall–Kier alpha value is -1.68. The number of carbonyl (C=O) groups excluding carboxylic acids is 1. The quantitative estimate of drug-likeness (QED) is 0.601. The molecule has 1 aromatic rings. The van der Waals surface area contributed by atoms with E-state index in [-0.39, 0.29) is 17.8 Å². The Morgan fingerprint density at radius 1 is 1.56 bits per heavy atom. The van der Waals surface area contributed by atoms with Crippen LogP contribution < -0.4 is 5.32 Å². The molecule has 0 aliphatic rings. The maximum atomic E-state index is 12.9. The average Bonchev–Trinajstić information content (AvgIpc) is 2.32. The summed E-state index contributed by atoms with van der Waals surface area (Å²) in [4.78, 5) is 11.4. The molecule has 2 N–H and O–H groups in total. The van der Waals surface area contributed by atoms with Crippen molar-refractivity contribution in [2.24, 2.45) is 0 Å².